The first-order valence-corrected chi connectivity index (χ1v) is 8.68. The molecule has 0 aliphatic carbocycles. The summed E-state index contributed by atoms with van der Waals surface area (Å²) in [6.07, 6.45) is 1.08. The average Bonchev–Trinajstić information content (AvgIpc) is 2.80. The number of hydrogen-bond acceptors (Lipinski definition) is 5. The molecule has 1 aromatic rings. The molecule has 1 aliphatic heterocycles. The lowest BCUT2D eigenvalue weighted by Crippen LogP contribution is -2.37. The van der Waals surface area contributed by atoms with Gasteiger partial charge in [0.2, 0.25) is 15.9 Å². The Balaban J connectivity index is 0.00000200. The van der Waals surface area contributed by atoms with Crippen LogP contribution in [0.5, 0.6) is 0 Å². The normalized spacial score (nSPS) is 18.1. The molecule has 1 aromatic carbocycles. The van der Waals surface area contributed by atoms with E-state index >= 15 is 0 Å². The minimum Gasteiger partial charge on any atom is -0.325 e. The average molecular weight is 338 g/mol. The van der Waals surface area contributed by atoms with Crippen LogP contribution in [0.3, 0.4) is 0 Å². The van der Waals surface area contributed by atoms with Gasteiger partial charge in [0, 0.05) is 17.3 Å². The van der Waals surface area contributed by atoms with Gasteiger partial charge in [0.15, 0.2) is 0 Å². The topological polar surface area (TPSA) is 87.3 Å². The largest absolute Gasteiger partial charge is 0.325 e. The smallest absolute Gasteiger partial charge is 0.242 e. The summed E-state index contributed by atoms with van der Waals surface area (Å²) in [4.78, 5) is 11.9. The summed E-state index contributed by atoms with van der Waals surface area (Å²) in [5, 5.41) is 5.83. The molecule has 9 heteroatoms. The van der Waals surface area contributed by atoms with Gasteiger partial charge in [0.05, 0.1) is 18.0 Å². The number of carbonyl (C=O) groups is 1. The summed E-state index contributed by atoms with van der Waals surface area (Å²) in [6, 6.07) is 6.41. The van der Waals surface area contributed by atoms with Gasteiger partial charge in [-0.2, -0.15) is 0 Å². The van der Waals surface area contributed by atoms with Crippen molar-refractivity contribution in [2.75, 3.05) is 27.9 Å². The highest BCUT2D eigenvalue weighted by atomic mass is 35.5. The first kappa shape index (κ1) is 17.1. The zero-order valence-corrected chi connectivity index (χ0v) is 13.2. The van der Waals surface area contributed by atoms with Crippen molar-refractivity contribution in [2.24, 2.45) is 0 Å². The first-order valence-electron chi connectivity index (χ1n) is 5.64. The summed E-state index contributed by atoms with van der Waals surface area (Å²) in [5.41, 5.74) is 0.992. The number of benzene rings is 1. The number of nitrogens with one attached hydrogen (secondary N) is 3. The predicted molar refractivity (Wildman–Crippen MR) is 85.0 cm³/mol. The van der Waals surface area contributed by atoms with Gasteiger partial charge in [0.1, 0.15) is 0 Å². The van der Waals surface area contributed by atoms with Crippen LogP contribution in [-0.4, -0.2) is 38.3 Å². The minimum atomic E-state index is -3.32. The fourth-order valence-corrected chi connectivity index (χ4v) is 3.16. The summed E-state index contributed by atoms with van der Waals surface area (Å²) < 4.78 is 24.6. The van der Waals surface area contributed by atoms with E-state index in [1.807, 2.05) is 0 Å². The van der Waals surface area contributed by atoms with E-state index in [0.717, 1.165) is 17.9 Å². The molecule has 1 fully saturated rings. The molecule has 3 N–H and O–H groups in total. The zero-order valence-electron chi connectivity index (χ0n) is 10.8. The maximum Gasteiger partial charge on any atom is 0.242 e. The number of sulfonamides is 1. The van der Waals surface area contributed by atoms with Crippen LogP contribution in [0.15, 0.2) is 24.3 Å². The first-order chi connectivity index (χ1) is 8.94. The van der Waals surface area contributed by atoms with Crippen LogP contribution in [0.2, 0.25) is 0 Å². The van der Waals surface area contributed by atoms with Crippen molar-refractivity contribution < 1.29 is 13.2 Å². The number of hydrogen-bond donors (Lipinski definition) is 3. The third-order valence-electron chi connectivity index (χ3n) is 2.47. The zero-order chi connectivity index (χ0) is 13.9. The monoisotopic (exact) mass is 337 g/mol. The van der Waals surface area contributed by atoms with Crippen LogP contribution in [0.25, 0.3) is 0 Å². The number of amides is 1. The fraction of sp³-hybridized carbons (Fsp3) is 0.364. The Labute approximate surface area is 128 Å². The van der Waals surface area contributed by atoms with Crippen LogP contribution >= 0.6 is 24.2 Å². The molecule has 1 saturated heterocycles. The number of rotatable bonds is 4. The van der Waals surface area contributed by atoms with E-state index < -0.39 is 10.0 Å². The van der Waals surface area contributed by atoms with Gasteiger partial charge in [-0.3, -0.25) is 14.8 Å². The van der Waals surface area contributed by atoms with Crippen molar-refractivity contribution in [3.05, 3.63) is 24.3 Å². The highest BCUT2D eigenvalue weighted by molar-refractivity contribution is 7.99. The van der Waals surface area contributed by atoms with Crippen molar-refractivity contribution in [3.8, 4) is 0 Å². The SMILES string of the molecule is CS(=O)(=O)Nc1cccc(NC(=O)C2CSCN2)c1.Cl. The summed E-state index contributed by atoms with van der Waals surface area (Å²) >= 11 is 1.67. The van der Waals surface area contributed by atoms with Gasteiger partial charge in [-0.1, -0.05) is 6.07 Å². The summed E-state index contributed by atoms with van der Waals surface area (Å²) in [6.45, 7) is 0. The number of anilines is 2. The van der Waals surface area contributed by atoms with E-state index in [0.29, 0.717) is 11.4 Å². The van der Waals surface area contributed by atoms with Crippen LogP contribution in [0.4, 0.5) is 11.4 Å². The quantitative estimate of drug-likeness (QED) is 0.765. The summed E-state index contributed by atoms with van der Waals surface area (Å²) in [7, 11) is -3.32. The molecule has 1 aliphatic rings. The van der Waals surface area contributed by atoms with Crippen molar-refractivity contribution in [1.82, 2.24) is 5.32 Å². The van der Waals surface area contributed by atoms with Gasteiger partial charge in [-0.25, -0.2) is 8.42 Å². The standard InChI is InChI=1S/C11H15N3O3S2.ClH/c1-19(16,17)14-9-4-2-3-8(5-9)13-11(15)10-6-18-7-12-10;/h2-5,10,12,14H,6-7H2,1H3,(H,13,15);1H. The Hall–Kier alpha value is -0.960. The van der Waals surface area contributed by atoms with Crippen molar-refractivity contribution in [1.29, 1.82) is 0 Å². The molecule has 1 amide bonds. The van der Waals surface area contributed by atoms with E-state index in [4.69, 9.17) is 0 Å². The molecule has 2 rings (SSSR count). The van der Waals surface area contributed by atoms with E-state index in [-0.39, 0.29) is 24.4 Å². The lowest BCUT2D eigenvalue weighted by Gasteiger charge is -2.11. The molecule has 1 atom stereocenters. The number of carbonyl (C=O) groups excluding carboxylic acids is 1. The minimum absolute atomic E-state index is 0. The van der Waals surface area contributed by atoms with Gasteiger partial charge < -0.3 is 5.32 Å². The maximum absolute atomic E-state index is 11.9. The van der Waals surface area contributed by atoms with E-state index in [9.17, 15) is 13.2 Å². The van der Waals surface area contributed by atoms with Gasteiger partial charge >= 0.3 is 0 Å². The molecule has 0 spiro atoms. The maximum atomic E-state index is 11.9. The van der Waals surface area contributed by atoms with E-state index in [2.05, 4.69) is 15.4 Å². The molecule has 0 saturated carbocycles. The Morgan fingerprint density at radius 3 is 2.70 bits per heavy atom. The lowest BCUT2D eigenvalue weighted by molar-refractivity contribution is -0.117. The van der Waals surface area contributed by atoms with Crippen LogP contribution < -0.4 is 15.4 Å². The molecule has 6 nitrogen and oxygen atoms in total. The van der Waals surface area contributed by atoms with Crippen molar-refractivity contribution in [2.45, 2.75) is 6.04 Å². The van der Waals surface area contributed by atoms with E-state index in [1.165, 1.54) is 0 Å². The Morgan fingerprint density at radius 1 is 1.40 bits per heavy atom. The molecule has 20 heavy (non-hydrogen) atoms. The highest BCUT2D eigenvalue weighted by Gasteiger charge is 2.22. The van der Waals surface area contributed by atoms with Crippen LogP contribution in [0, 0.1) is 0 Å². The molecule has 1 heterocycles. The predicted octanol–water partition coefficient (Wildman–Crippen LogP) is 1.08. The molecule has 1 unspecified atom stereocenters. The van der Waals surface area contributed by atoms with Crippen molar-refractivity contribution >= 4 is 51.5 Å². The number of halogens is 1. The van der Waals surface area contributed by atoms with Crippen molar-refractivity contribution in [3.63, 3.8) is 0 Å². The number of thioether (sulfide) groups is 1. The molecular weight excluding hydrogens is 322 g/mol. The second-order valence-corrected chi connectivity index (χ2v) is 6.99. The van der Waals surface area contributed by atoms with Crippen LogP contribution in [-0.2, 0) is 14.8 Å². The third-order valence-corrected chi connectivity index (χ3v) is 4.01. The lowest BCUT2D eigenvalue weighted by atomic mass is 10.2. The van der Waals surface area contributed by atoms with Gasteiger partial charge in [-0.15, -0.1) is 24.2 Å². The van der Waals surface area contributed by atoms with Crippen LogP contribution in [0.1, 0.15) is 0 Å². The third kappa shape index (κ3) is 5.20. The molecular formula is C11H16ClN3O3S2. The molecule has 112 valence electrons. The van der Waals surface area contributed by atoms with Gasteiger partial charge in [0.25, 0.3) is 0 Å². The highest BCUT2D eigenvalue weighted by Crippen LogP contribution is 2.17. The second-order valence-electron chi connectivity index (χ2n) is 4.22. The molecule has 0 radical (unpaired) electrons. The Bertz CT molecular complexity index is 574. The fourth-order valence-electron chi connectivity index (χ4n) is 1.67. The summed E-state index contributed by atoms with van der Waals surface area (Å²) in [5.74, 6) is 1.41. The Morgan fingerprint density at radius 2 is 2.10 bits per heavy atom. The molecule has 0 aromatic heterocycles. The Kier molecular flexibility index (Phi) is 6.12. The molecule has 0 bridgehead atoms. The van der Waals surface area contributed by atoms with Gasteiger partial charge in [-0.05, 0) is 18.2 Å². The second kappa shape index (κ2) is 7.16. The van der Waals surface area contributed by atoms with E-state index in [1.54, 1.807) is 36.0 Å².